The Kier molecular flexibility index (Phi) is 3.50. The Morgan fingerprint density at radius 3 is 2.85 bits per heavy atom. The highest BCUT2D eigenvalue weighted by Crippen LogP contribution is 2.09. The van der Waals surface area contributed by atoms with Gasteiger partial charge in [-0.1, -0.05) is 24.3 Å². The third kappa shape index (κ3) is 2.88. The number of para-hydroxylation sites is 1. The molecule has 3 aromatic rings. The summed E-state index contributed by atoms with van der Waals surface area (Å²) in [4.78, 5) is 4.38. The van der Waals surface area contributed by atoms with Crippen molar-refractivity contribution < 1.29 is 4.74 Å². The predicted octanol–water partition coefficient (Wildman–Crippen LogP) is 2.53. The van der Waals surface area contributed by atoms with Gasteiger partial charge in [-0.2, -0.15) is 4.98 Å². The van der Waals surface area contributed by atoms with Crippen LogP contribution in [0.4, 0.5) is 5.95 Å². The van der Waals surface area contributed by atoms with Crippen molar-refractivity contribution in [3.8, 4) is 5.75 Å². The minimum absolute atomic E-state index is 0.568. The first kappa shape index (κ1) is 12.5. The van der Waals surface area contributed by atoms with Crippen molar-refractivity contribution in [1.82, 2.24) is 14.6 Å². The lowest BCUT2D eigenvalue weighted by molar-refractivity contribution is 0.332. The van der Waals surface area contributed by atoms with Crippen molar-refractivity contribution >= 4 is 11.6 Å². The maximum Gasteiger partial charge on any atom is 0.243 e. The summed E-state index contributed by atoms with van der Waals surface area (Å²) in [6, 6.07) is 13.7. The van der Waals surface area contributed by atoms with E-state index in [0.717, 1.165) is 17.0 Å². The Labute approximate surface area is 117 Å². The molecular formula is C15H16N4O. The van der Waals surface area contributed by atoms with Gasteiger partial charge in [0.2, 0.25) is 5.95 Å². The second-order valence-electron chi connectivity index (χ2n) is 4.53. The van der Waals surface area contributed by atoms with Gasteiger partial charge >= 0.3 is 0 Å². The number of rotatable bonds is 5. The number of nitrogens with one attached hydrogen (secondary N) is 1. The molecule has 0 amide bonds. The van der Waals surface area contributed by atoms with Crippen molar-refractivity contribution in [1.29, 1.82) is 0 Å². The highest BCUT2D eigenvalue weighted by atomic mass is 16.5. The predicted molar refractivity (Wildman–Crippen MR) is 78.2 cm³/mol. The zero-order valence-electron chi connectivity index (χ0n) is 11.3. The second kappa shape index (κ2) is 5.61. The number of aromatic nitrogens is 3. The number of benzene rings is 1. The summed E-state index contributed by atoms with van der Waals surface area (Å²) in [5, 5.41) is 7.51. The fourth-order valence-electron chi connectivity index (χ4n) is 1.91. The van der Waals surface area contributed by atoms with E-state index in [1.165, 1.54) is 0 Å². The van der Waals surface area contributed by atoms with E-state index in [-0.39, 0.29) is 0 Å². The maximum absolute atomic E-state index is 5.60. The third-order valence-electron chi connectivity index (χ3n) is 2.88. The van der Waals surface area contributed by atoms with E-state index in [1.807, 2.05) is 55.6 Å². The quantitative estimate of drug-likeness (QED) is 0.722. The first-order chi connectivity index (χ1) is 9.81. The van der Waals surface area contributed by atoms with Crippen LogP contribution < -0.4 is 10.1 Å². The molecule has 0 atom stereocenters. The average Bonchev–Trinajstić information content (AvgIpc) is 2.86. The lowest BCUT2D eigenvalue weighted by Gasteiger charge is -2.05. The van der Waals surface area contributed by atoms with Gasteiger partial charge in [0.1, 0.15) is 12.4 Å². The molecule has 0 radical (unpaired) electrons. The summed E-state index contributed by atoms with van der Waals surface area (Å²) >= 11 is 0. The second-order valence-corrected chi connectivity index (χ2v) is 4.53. The molecule has 0 saturated heterocycles. The molecule has 2 aromatic heterocycles. The lowest BCUT2D eigenvalue weighted by atomic mass is 10.3. The fourth-order valence-corrected chi connectivity index (χ4v) is 1.91. The van der Waals surface area contributed by atoms with Crippen molar-refractivity contribution in [2.45, 2.75) is 6.92 Å². The Morgan fingerprint density at radius 2 is 2.00 bits per heavy atom. The monoisotopic (exact) mass is 268 g/mol. The van der Waals surface area contributed by atoms with Gasteiger partial charge in [0.15, 0.2) is 5.65 Å². The van der Waals surface area contributed by atoms with E-state index in [4.69, 9.17) is 4.74 Å². The number of fused-ring (bicyclic) bond motifs is 1. The zero-order valence-corrected chi connectivity index (χ0v) is 11.3. The van der Waals surface area contributed by atoms with Gasteiger partial charge in [-0.05, 0) is 30.7 Å². The molecule has 5 nitrogen and oxygen atoms in total. The molecule has 20 heavy (non-hydrogen) atoms. The maximum atomic E-state index is 5.60. The Hall–Kier alpha value is -2.56. The van der Waals surface area contributed by atoms with Crippen LogP contribution in [0.3, 0.4) is 0 Å². The first-order valence-electron chi connectivity index (χ1n) is 6.56. The fraction of sp³-hybridized carbons (Fsp3) is 0.200. The molecule has 1 aromatic carbocycles. The molecule has 2 heterocycles. The van der Waals surface area contributed by atoms with Crippen LogP contribution in [0.1, 0.15) is 5.56 Å². The molecule has 5 heteroatoms. The van der Waals surface area contributed by atoms with Gasteiger partial charge in [0, 0.05) is 6.20 Å². The number of nitrogens with zero attached hydrogens (tertiary/aromatic N) is 3. The summed E-state index contributed by atoms with van der Waals surface area (Å²) in [7, 11) is 0. The molecule has 0 aliphatic heterocycles. The summed E-state index contributed by atoms with van der Waals surface area (Å²) in [5.41, 5.74) is 1.99. The van der Waals surface area contributed by atoms with Crippen LogP contribution in [0.15, 0.2) is 48.7 Å². The molecule has 102 valence electrons. The number of hydrogen-bond acceptors (Lipinski definition) is 4. The molecule has 0 aliphatic rings. The standard InChI is InChI=1S/C15H16N4O/c1-12-7-8-14-17-15(18-19(14)11-12)16-9-10-20-13-5-3-2-4-6-13/h2-8,11H,9-10H2,1H3,(H,16,18). The highest BCUT2D eigenvalue weighted by Gasteiger charge is 2.02. The Balaban J connectivity index is 1.55. The molecule has 3 rings (SSSR count). The van der Waals surface area contributed by atoms with Gasteiger partial charge in [0.25, 0.3) is 0 Å². The van der Waals surface area contributed by atoms with Crippen LogP contribution in [0.2, 0.25) is 0 Å². The molecule has 0 bridgehead atoms. The van der Waals surface area contributed by atoms with Gasteiger partial charge in [-0.25, -0.2) is 4.52 Å². The highest BCUT2D eigenvalue weighted by molar-refractivity contribution is 5.44. The average molecular weight is 268 g/mol. The minimum atomic E-state index is 0.568. The Bertz CT molecular complexity index is 693. The number of hydrogen-bond donors (Lipinski definition) is 1. The molecular weight excluding hydrogens is 252 g/mol. The van der Waals surface area contributed by atoms with E-state index >= 15 is 0 Å². The number of ether oxygens (including phenoxy) is 1. The lowest BCUT2D eigenvalue weighted by Crippen LogP contribution is -2.12. The number of anilines is 1. The molecule has 0 aliphatic carbocycles. The summed E-state index contributed by atoms with van der Waals surface area (Å²) in [6.07, 6.45) is 1.95. The van der Waals surface area contributed by atoms with Crippen molar-refractivity contribution in [3.63, 3.8) is 0 Å². The van der Waals surface area contributed by atoms with Crippen molar-refractivity contribution in [2.24, 2.45) is 0 Å². The zero-order chi connectivity index (χ0) is 13.8. The summed E-state index contributed by atoms with van der Waals surface area (Å²) in [6.45, 7) is 3.26. The van der Waals surface area contributed by atoms with E-state index < -0.39 is 0 Å². The smallest absolute Gasteiger partial charge is 0.243 e. The topological polar surface area (TPSA) is 51.5 Å². The van der Waals surface area contributed by atoms with Gasteiger partial charge < -0.3 is 10.1 Å². The molecule has 1 N–H and O–H groups in total. The van der Waals surface area contributed by atoms with Gasteiger partial charge in [-0.15, -0.1) is 5.10 Å². The van der Waals surface area contributed by atoms with Crippen LogP contribution in [0, 0.1) is 6.92 Å². The van der Waals surface area contributed by atoms with Crippen molar-refractivity contribution in [2.75, 3.05) is 18.5 Å². The first-order valence-corrected chi connectivity index (χ1v) is 6.56. The van der Waals surface area contributed by atoms with Gasteiger partial charge in [0.05, 0.1) is 6.54 Å². The SMILES string of the molecule is Cc1ccc2nc(NCCOc3ccccc3)nn2c1. The number of pyridine rings is 1. The third-order valence-corrected chi connectivity index (χ3v) is 2.88. The molecule has 0 spiro atoms. The minimum Gasteiger partial charge on any atom is -0.492 e. The van der Waals surface area contributed by atoms with E-state index in [0.29, 0.717) is 19.1 Å². The van der Waals surface area contributed by atoms with Crippen molar-refractivity contribution in [3.05, 3.63) is 54.2 Å². The van der Waals surface area contributed by atoms with Crippen LogP contribution in [0.25, 0.3) is 5.65 Å². The van der Waals surface area contributed by atoms with Crippen LogP contribution in [0.5, 0.6) is 5.75 Å². The van der Waals surface area contributed by atoms with E-state index in [2.05, 4.69) is 15.4 Å². The largest absolute Gasteiger partial charge is 0.492 e. The summed E-state index contributed by atoms with van der Waals surface area (Å²) < 4.78 is 7.37. The molecule has 0 fully saturated rings. The normalized spacial score (nSPS) is 10.7. The van der Waals surface area contributed by atoms with Crippen LogP contribution in [-0.2, 0) is 0 Å². The van der Waals surface area contributed by atoms with E-state index in [1.54, 1.807) is 4.52 Å². The Morgan fingerprint density at radius 1 is 1.15 bits per heavy atom. The van der Waals surface area contributed by atoms with Crippen LogP contribution >= 0.6 is 0 Å². The van der Waals surface area contributed by atoms with Gasteiger partial charge in [-0.3, -0.25) is 0 Å². The summed E-state index contributed by atoms with van der Waals surface area (Å²) in [5.74, 6) is 1.49. The molecule has 0 unspecified atom stereocenters. The molecule has 0 saturated carbocycles. The number of aryl methyl sites for hydroxylation is 1. The van der Waals surface area contributed by atoms with Crippen LogP contribution in [-0.4, -0.2) is 27.7 Å². The van der Waals surface area contributed by atoms with E-state index in [9.17, 15) is 0 Å².